The maximum Gasteiger partial charge on any atom is 0.235 e. The molecular formula is C10H8BrNO. The number of hydrogen-bond donors (Lipinski definition) is 0. The average Bonchev–Trinajstić information content (AvgIpc) is 2.87. The monoisotopic (exact) mass is 237 g/mol. The summed E-state index contributed by atoms with van der Waals surface area (Å²) in [5.74, 6) is 0. The van der Waals surface area contributed by atoms with E-state index in [0.29, 0.717) is 0 Å². The molecule has 0 atom stereocenters. The molecule has 1 aromatic rings. The summed E-state index contributed by atoms with van der Waals surface area (Å²) >= 11 is 3.36. The predicted molar refractivity (Wildman–Crippen MR) is 53.2 cm³/mol. The normalized spacial score (nSPS) is 17.6. The molecule has 2 rings (SSSR count). The molecule has 0 radical (unpaired) electrons. The summed E-state index contributed by atoms with van der Waals surface area (Å²) in [7, 11) is 0. The third-order valence-corrected chi connectivity index (χ3v) is 2.89. The van der Waals surface area contributed by atoms with Crippen molar-refractivity contribution in [2.24, 2.45) is 4.99 Å². The van der Waals surface area contributed by atoms with Crippen LogP contribution in [0.1, 0.15) is 18.4 Å². The van der Waals surface area contributed by atoms with Crippen molar-refractivity contribution in [2.45, 2.75) is 18.4 Å². The molecule has 1 aliphatic rings. The number of rotatable bonds is 2. The molecule has 66 valence electrons. The van der Waals surface area contributed by atoms with Crippen molar-refractivity contribution in [1.29, 1.82) is 0 Å². The fourth-order valence-electron chi connectivity index (χ4n) is 1.43. The van der Waals surface area contributed by atoms with Gasteiger partial charge >= 0.3 is 0 Å². The first-order chi connectivity index (χ1) is 6.27. The van der Waals surface area contributed by atoms with Gasteiger partial charge in [-0.05, 0) is 30.5 Å². The minimum Gasteiger partial charge on any atom is -0.211 e. The fourth-order valence-corrected chi connectivity index (χ4v) is 1.70. The van der Waals surface area contributed by atoms with Gasteiger partial charge in [-0.25, -0.2) is 4.79 Å². The first-order valence-corrected chi connectivity index (χ1v) is 4.91. The quantitative estimate of drug-likeness (QED) is 0.575. The lowest BCUT2D eigenvalue weighted by Gasteiger charge is -2.06. The van der Waals surface area contributed by atoms with E-state index in [1.165, 1.54) is 0 Å². The Bertz CT molecular complexity index is 361. The molecule has 0 amide bonds. The van der Waals surface area contributed by atoms with Gasteiger partial charge in [0, 0.05) is 4.47 Å². The number of benzene rings is 1. The van der Waals surface area contributed by atoms with Crippen LogP contribution in [0.25, 0.3) is 0 Å². The van der Waals surface area contributed by atoms with Crippen LogP contribution in [-0.4, -0.2) is 6.08 Å². The molecule has 3 heteroatoms. The lowest BCUT2D eigenvalue weighted by atomic mass is 10.1. The molecular weight excluding hydrogens is 230 g/mol. The van der Waals surface area contributed by atoms with E-state index in [1.54, 1.807) is 6.08 Å². The second kappa shape index (κ2) is 3.09. The highest BCUT2D eigenvalue weighted by molar-refractivity contribution is 9.10. The number of halogens is 1. The van der Waals surface area contributed by atoms with Gasteiger partial charge in [-0.2, -0.15) is 4.99 Å². The molecule has 1 saturated carbocycles. The number of nitrogens with zero attached hydrogens (tertiary/aromatic N) is 1. The van der Waals surface area contributed by atoms with Crippen LogP contribution in [0.4, 0.5) is 0 Å². The molecule has 0 spiro atoms. The molecule has 0 aliphatic heterocycles. The van der Waals surface area contributed by atoms with Gasteiger partial charge in [-0.3, -0.25) is 0 Å². The number of hydrogen-bond acceptors (Lipinski definition) is 2. The molecule has 0 aromatic heterocycles. The van der Waals surface area contributed by atoms with E-state index in [2.05, 4.69) is 20.9 Å². The molecule has 1 fully saturated rings. The molecule has 0 saturated heterocycles. The Kier molecular flexibility index (Phi) is 2.06. The zero-order chi connectivity index (χ0) is 9.31. The van der Waals surface area contributed by atoms with Crippen LogP contribution >= 0.6 is 15.9 Å². The number of aliphatic imine (C=N–C) groups is 1. The van der Waals surface area contributed by atoms with Gasteiger partial charge in [0.05, 0.1) is 5.54 Å². The van der Waals surface area contributed by atoms with Gasteiger partial charge in [-0.1, -0.05) is 28.1 Å². The van der Waals surface area contributed by atoms with Crippen LogP contribution < -0.4 is 0 Å². The van der Waals surface area contributed by atoms with Crippen LogP contribution in [0, 0.1) is 0 Å². The zero-order valence-electron chi connectivity index (χ0n) is 6.96. The van der Waals surface area contributed by atoms with E-state index < -0.39 is 0 Å². The van der Waals surface area contributed by atoms with Crippen LogP contribution in [-0.2, 0) is 10.3 Å². The summed E-state index contributed by atoms with van der Waals surface area (Å²) in [6, 6.07) is 7.93. The molecule has 0 heterocycles. The zero-order valence-corrected chi connectivity index (χ0v) is 8.54. The highest BCUT2D eigenvalue weighted by Crippen LogP contribution is 2.49. The molecule has 0 unspecified atom stereocenters. The molecule has 2 nitrogen and oxygen atoms in total. The average molecular weight is 238 g/mol. The highest BCUT2D eigenvalue weighted by atomic mass is 79.9. The Morgan fingerprint density at radius 1 is 1.31 bits per heavy atom. The van der Waals surface area contributed by atoms with Crippen LogP contribution in [0.15, 0.2) is 33.7 Å². The Hall–Kier alpha value is -0.920. The molecule has 1 aliphatic carbocycles. The Morgan fingerprint density at radius 2 is 1.92 bits per heavy atom. The molecule has 0 N–H and O–H groups in total. The maximum atomic E-state index is 10.2. The summed E-state index contributed by atoms with van der Waals surface area (Å²) in [5, 5.41) is 0. The van der Waals surface area contributed by atoms with Gasteiger partial charge in [0.15, 0.2) is 0 Å². The third-order valence-electron chi connectivity index (χ3n) is 2.36. The van der Waals surface area contributed by atoms with Crippen molar-refractivity contribution < 1.29 is 4.79 Å². The minimum atomic E-state index is -0.234. The van der Waals surface area contributed by atoms with Crippen molar-refractivity contribution in [2.75, 3.05) is 0 Å². The van der Waals surface area contributed by atoms with Gasteiger partial charge in [0.2, 0.25) is 6.08 Å². The van der Waals surface area contributed by atoms with Gasteiger partial charge in [0.25, 0.3) is 0 Å². The van der Waals surface area contributed by atoms with Crippen molar-refractivity contribution >= 4 is 22.0 Å². The second-order valence-corrected chi connectivity index (χ2v) is 4.16. The lowest BCUT2D eigenvalue weighted by molar-refractivity contribution is 0.556. The number of isocyanates is 1. The van der Waals surface area contributed by atoms with E-state index in [1.807, 2.05) is 24.3 Å². The lowest BCUT2D eigenvalue weighted by Crippen LogP contribution is -2.01. The summed E-state index contributed by atoms with van der Waals surface area (Å²) < 4.78 is 1.04. The van der Waals surface area contributed by atoms with E-state index in [0.717, 1.165) is 22.9 Å². The second-order valence-electron chi connectivity index (χ2n) is 3.24. The molecule has 13 heavy (non-hydrogen) atoms. The SMILES string of the molecule is O=C=NC1(c2ccc(Br)cc2)CC1. The van der Waals surface area contributed by atoms with Crippen LogP contribution in [0.3, 0.4) is 0 Å². The van der Waals surface area contributed by atoms with Crippen molar-refractivity contribution in [3.8, 4) is 0 Å². The maximum absolute atomic E-state index is 10.2. The van der Waals surface area contributed by atoms with Crippen LogP contribution in [0.5, 0.6) is 0 Å². The Balaban J connectivity index is 2.35. The Labute approximate surface area is 84.8 Å². The Morgan fingerprint density at radius 3 is 2.38 bits per heavy atom. The first kappa shape index (κ1) is 8.67. The smallest absolute Gasteiger partial charge is 0.211 e. The number of carbonyl (C=O) groups excluding carboxylic acids is 1. The van der Waals surface area contributed by atoms with E-state index >= 15 is 0 Å². The predicted octanol–water partition coefficient (Wildman–Crippen LogP) is 2.77. The van der Waals surface area contributed by atoms with Crippen LogP contribution in [0.2, 0.25) is 0 Å². The molecule has 0 bridgehead atoms. The van der Waals surface area contributed by atoms with E-state index in [-0.39, 0.29) is 5.54 Å². The first-order valence-electron chi connectivity index (χ1n) is 4.12. The summed E-state index contributed by atoms with van der Waals surface area (Å²) in [4.78, 5) is 14.0. The van der Waals surface area contributed by atoms with Crippen molar-refractivity contribution in [3.63, 3.8) is 0 Å². The van der Waals surface area contributed by atoms with Gasteiger partial charge in [0.1, 0.15) is 0 Å². The standard InChI is InChI=1S/C10H8BrNO/c11-9-3-1-8(2-4-9)10(5-6-10)12-7-13/h1-4H,5-6H2. The topological polar surface area (TPSA) is 29.4 Å². The summed E-state index contributed by atoms with van der Waals surface area (Å²) in [6.07, 6.45) is 3.57. The third kappa shape index (κ3) is 1.58. The van der Waals surface area contributed by atoms with Gasteiger partial charge < -0.3 is 0 Å². The van der Waals surface area contributed by atoms with Gasteiger partial charge in [-0.15, -0.1) is 0 Å². The largest absolute Gasteiger partial charge is 0.235 e. The summed E-state index contributed by atoms with van der Waals surface area (Å²) in [5.41, 5.74) is 0.877. The van der Waals surface area contributed by atoms with Crippen molar-refractivity contribution in [1.82, 2.24) is 0 Å². The van der Waals surface area contributed by atoms with E-state index in [9.17, 15) is 4.79 Å². The summed E-state index contributed by atoms with van der Waals surface area (Å²) in [6.45, 7) is 0. The van der Waals surface area contributed by atoms with E-state index in [4.69, 9.17) is 0 Å². The highest BCUT2D eigenvalue weighted by Gasteiger charge is 2.44. The molecule has 1 aromatic carbocycles. The fraction of sp³-hybridized carbons (Fsp3) is 0.300. The van der Waals surface area contributed by atoms with Crippen molar-refractivity contribution in [3.05, 3.63) is 34.3 Å². The minimum absolute atomic E-state index is 0.234.